The molecule has 0 bridgehead atoms. The van der Waals surface area contributed by atoms with Crippen LogP contribution in [0.3, 0.4) is 0 Å². The van der Waals surface area contributed by atoms with Gasteiger partial charge in [0.05, 0.1) is 6.54 Å². The maximum atomic E-state index is 12.0. The second-order valence-electron chi connectivity index (χ2n) is 6.36. The molecular weight excluding hydrogens is 413 g/mol. The summed E-state index contributed by atoms with van der Waals surface area (Å²) in [6.07, 6.45) is 0.397. The van der Waals surface area contributed by atoms with Gasteiger partial charge in [-0.15, -0.1) is 24.8 Å². The van der Waals surface area contributed by atoms with Crippen molar-refractivity contribution in [2.45, 2.75) is 25.9 Å². The van der Waals surface area contributed by atoms with Crippen molar-refractivity contribution in [1.82, 2.24) is 19.9 Å². The number of amides is 1. The maximum absolute atomic E-state index is 12.0. The van der Waals surface area contributed by atoms with Crippen molar-refractivity contribution in [3.63, 3.8) is 0 Å². The molecular formula is C17H24Cl3N5O2. The minimum Gasteiger partial charge on any atom is -0.340 e. The molecule has 1 aliphatic rings. The third kappa shape index (κ3) is 6.62. The van der Waals surface area contributed by atoms with Gasteiger partial charge in [0.15, 0.2) is 0 Å². The molecule has 1 unspecified atom stereocenters. The zero-order valence-electron chi connectivity index (χ0n) is 15.0. The lowest BCUT2D eigenvalue weighted by Crippen LogP contribution is -2.49. The summed E-state index contributed by atoms with van der Waals surface area (Å²) >= 11 is 5.89. The van der Waals surface area contributed by atoms with E-state index >= 15 is 0 Å². The summed E-state index contributed by atoms with van der Waals surface area (Å²) in [5.74, 6) is 1.25. The molecule has 1 aromatic heterocycles. The first-order chi connectivity index (χ1) is 12.0. The van der Waals surface area contributed by atoms with E-state index in [1.54, 1.807) is 12.1 Å². The molecule has 0 radical (unpaired) electrons. The number of carbonyl (C=O) groups is 1. The standard InChI is InChI=1S/C17H22ClN5O2.2ClH/c1-12(19)10-16(24)23-8-6-22(7-9-23)11-15-20-17(21-25-15)13-2-4-14(18)5-3-13;;/h2-5,12H,6-11,19H2,1H3;2*1H. The lowest BCUT2D eigenvalue weighted by atomic mass is 10.2. The largest absolute Gasteiger partial charge is 0.340 e. The highest BCUT2D eigenvalue weighted by molar-refractivity contribution is 6.30. The number of nitrogens with zero attached hydrogens (tertiary/aromatic N) is 4. The SMILES string of the molecule is CC(N)CC(=O)N1CCN(Cc2nc(-c3ccc(Cl)cc3)no2)CC1.Cl.Cl. The first kappa shape index (κ1) is 23.7. The first-order valence-corrected chi connectivity index (χ1v) is 8.73. The lowest BCUT2D eigenvalue weighted by Gasteiger charge is -2.34. The molecule has 0 aliphatic carbocycles. The van der Waals surface area contributed by atoms with Crippen molar-refractivity contribution in [3.05, 3.63) is 35.2 Å². The van der Waals surface area contributed by atoms with Gasteiger partial charge in [0, 0.05) is 49.2 Å². The molecule has 27 heavy (non-hydrogen) atoms. The van der Waals surface area contributed by atoms with E-state index in [9.17, 15) is 4.79 Å². The molecule has 1 aliphatic heterocycles. The average Bonchev–Trinajstić information content (AvgIpc) is 3.04. The van der Waals surface area contributed by atoms with E-state index in [1.807, 2.05) is 24.0 Å². The predicted octanol–water partition coefficient (Wildman–Crippen LogP) is 2.62. The third-order valence-electron chi connectivity index (χ3n) is 4.15. The summed E-state index contributed by atoms with van der Waals surface area (Å²) in [6, 6.07) is 7.21. The molecule has 7 nitrogen and oxygen atoms in total. The Kier molecular flexibility index (Phi) is 9.49. The minimum absolute atomic E-state index is 0. The van der Waals surface area contributed by atoms with E-state index in [2.05, 4.69) is 15.0 Å². The number of benzene rings is 1. The van der Waals surface area contributed by atoms with Gasteiger partial charge in [0.1, 0.15) is 0 Å². The molecule has 2 N–H and O–H groups in total. The van der Waals surface area contributed by atoms with Gasteiger partial charge >= 0.3 is 0 Å². The van der Waals surface area contributed by atoms with E-state index in [0.29, 0.717) is 42.8 Å². The van der Waals surface area contributed by atoms with Gasteiger partial charge in [-0.05, 0) is 31.2 Å². The zero-order chi connectivity index (χ0) is 17.8. The molecule has 1 amide bonds. The van der Waals surface area contributed by atoms with Crippen LogP contribution < -0.4 is 5.73 Å². The van der Waals surface area contributed by atoms with Gasteiger partial charge in [-0.2, -0.15) is 4.98 Å². The van der Waals surface area contributed by atoms with Crippen molar-refractivity contribution in [3.8, 4) is 11.4 Å². The van der Waals surface area contributed by atoms with E-state index < -0.39 is 0 Å². The van der Waals surface area contributed by atoms with Gasteiger partial charge in [0.2, 0.25) is 17.6 Å². The minimum atomic E-state index is -0.102. The van der Waals surface area contributed by atoms with Gasteiger partial charge in [-0.25, -0.2) is 0 Å². The Morgan fingerprint density at radius 3 is 2.44 bits per heavy atom. The van der Waals surface area contributed by atoms with Crippen LogP contribution in [0.5, 0.6) is 0 Å². The van der Waals surface area contributed by atoms with E-state index in [0.717, 1.165) is 18.7 Å². The zero-order valence-corrected chi connectivity index (χ0v) is 17.4. The molecule has 1 atom stereocenters. The van der Waals surface area contributed by atoms with Crippen molar-refractivity contribution in [2.24, 2.45) is 5.73 Å². The summed E-state index contributed by atoms with van der Waals surface area (Å²) in [7, 11) is 0. The number of hydrogen-bond acceptors (Lipinski definition) is 6. The van der Waals surface area contributed by atoms with Crippen LogP contribution in [0.1, 0.15) is 19.2 Å². The topological polar surface area (TPSA) is 88.5 Å². The van der Waals surface area contributed by atoms with Crippen LogP contribution in [-0.2, 0) is 11.3 Å². The smallest absolute Gasteiger partial charge is 0.241 e. The number of hydrogen-bond donors (Lipinski definition) is 1. The molecule has 1 aromatic carbocycles. The van der Waals surface area contributed by atoms with Crippen molar-refractivity contribution < 1.29 is 9.32 Å². The molecule has 1 saturated heterocycles. The third-order valence-corrected chi connectivity index (χ3v) is 4.40. The van der Waals surface area contributed by atoms with E-state index in [-0.39, 0.29) is 36.8 Å². The van der Waals surface area contributed by atoms with Crippen LogP contribution >= 0.6 is 36.4 Å². The molecule has 0 saturated carbocycles. The Hall–Kier alpha value is -1.38. The molecule has 1 fully saturated rings. The number of halogens is 3. The van der Waals surface area contributed by atoms with E-state index in [1.165, 1.54) is 0 Å². The normalized spacial score (nSPS) is 15.6. The highest BCUT2D eigenvalue weighted by Gasteiger charge is 2.23. The molecule has 10 heteroatoms. The summed E-state index contributed by atoms with van der Waals surface area (Å²) < 4.78 is 5.35. The molecule has 2 aromatic rings. The fourth-order valence-corrected chi connectivity index (χ4v) is 2.91. The summed E-state index contributed by atoms with van der Waals surface area (Å²) in [5, 5.41) is 4.69. The van der Waals surface area contributed by atoms with Crippen LogP contribution in [0.2, 0.25) is 5.02 Å². The van der Waals surface area contributed by atoms with Crippen LogP contribution in [0.25, 0.3) is 11.4 Å². The number of aromatic nitrogens is 2. The number of nitrogens with two attached hydrogens (primary N) is 1. The second-order valence-corrected chi connectivity index (χ2v) is 6.79. The molecule has 2 heterocycles. The van der Waals surface area contributed by atoms with Crippen LogP contribution in [0, 0.1) is 0 Å². The summed E-state index contributed by atoms with van der Waals surface area (Å²) in [6.45, 7) is 5.39. The van der Waals surface area contributed by atoms with E-state index in [4.69, 9.17) is 21.9 Å². The Morgan fingerprint density at radius 1 is 1.22 bits per heavy atom. The monoisotopic (exact) mass is 435 g/mol. The Bertz CT molecular complexity index is 716. The highest BCUT2D eigenvalue weighted by Crippen LogP contribution is 2.19. The lowest BCUT2D eigenvalue weighted by molar-refractivity contribution is -0.133. The average molecular weight is 437 g/mol. The summed E-state index contributed by atoms with van der Waals surface area (Å²) in [4.78, 5) is 20.5. The molecule has 3 rings (SSSR count). The van der Waals surface area contributed by atoms with Crippen LogP contribution in [0.15, 0.2) is 28.8 Å². The van der Waals surface area contributed by atoms with Crippen molar-refractivity contribution in [1.29, 1.82) is 0 Å². The fourth-order valence-electron chi connectivity index (χ4n) is 2.79. The van der Waals surface area contributed by atoms with Gasteiger partial charge < -0.3 is 15.2 Å². The predicted molar refractivity (Wildman–Crippen MR) is 109 cm³/mol. The molecule has 0 spiro atoms. The number of carbonyl (C=O) groups excluding carboxylic acids is 1. The maximum Gasteiger partial charge on any atom is 0.241 e. The highest BCUT2D eigenvalue weighted by atomic mass is 35.5. The Balaban J connectivity index is 0.00000182. The van der Waals surface area contributed by atoms with Gasteiger partial charge in [0.25, 0.3) is 0 Å². The Labute approximate surface area is 176 Å². The van der Waals surface area contributed by atoms with Gasteiger partial charge in [-0.1, -0.05) is 16.8 Å². The second kappa shape index (κ2) is 10.8. The fraction of sp³-hybridized carbons (Fsp3) is 0.471. The quantitative estimate of drug-likeness (QED) is 0.775. The Morgan fingerprint density at radius 2 is 1.85 bits per heavy atom. The number of rotatable bonds is 5. The first-order valence-electron chi connectivity index (χ1n) is 8.35. The van der Waals surface area contributed by atoms with Crippen molar-refractivity contribution >= 4 is 42.3 Å². The van der Waals surface area contributed by atoms with Gasteiger partial charge in [-0.3, -0.25) is 9.69 Å². The van der Waals surface area contributed by atoms with Crippen LogP contribution in [-0.4, -0.2) is 58.1 Å². The van der Waals surface area contributed by atoms with Crippen molar-refractivity contribution in [2.75, 3.05) is 26.2 Å². The molecule has 150 valence electrons. The van der Waals surface area contributed by atoms with Crippen LogP contribution in [0.4, 0.5) is 0 Å². The summed E-state index contributed by atoms with van der Waals surface area (Å²) in [5.41, 5.74) is 6.56. The number of piperazine rings is 1.